The van der Waals surface area contributed by atoms with Crippen LogP contribution in [0.15, 0.2) is 30.3 Å². The van der Waals surface area contributed by atoms with Crippen LogP contribution in [-0.2, 0) is 4.74 Å². The summed E-state index contributed by atoms with van der Waals surface area (Å²) in [5, 5.41) is 0. The van der Waals surface area contributed by atoms with Crippen LogP contribution in [0.4, 0.5) is 0 Å². The SMILES string of the molecule is C[N+](C)(C)CCOC(=O)c1ccccc1.[Br-]. The van der Waals surface area contributed by atoms with E-state index in [0.29, 0.717) is 12.2 Å². The number of nitrogens with zero attached hydrogens (tertiary/aromatic N) is 1. The summed E-state index contributed by atoms with van der Waals surface area (Å²) in [6.07, 6.45) is 0. The quantitative estimate of drug-likeness (QED) is 0.501. The van der Waals surface area contributed by atoms with Gasteiger partial charge in [-0.2, -0.15) is 0 Å². The number of quaternary nitrogens is 1. The minimum atomic E-state index is -0.246. The molecule has 0 saturated carbocycles. The summed E-state index contributed by atoms with van der Waals surface area (Å²) in [6.45, 7) is 1.27. The number of benzene rings is 1. The van der Waals surface area contributed by atoms with E-state index in [-0.39, 0.29) is 23.0 Å². The van der Waals surface area contributed by atoms with Crippen molar-refractivity contribution in [3.8, 4) is 0 Å². The predicted molar refractivity (Wildman–Crippen MR) is 59.6 cm³/mol. The zero-order chi connectivity index (χ0) is 11.3. The third-order valence-electron chi connectivity index (χ3n) is 2.00. The molecule has 16 heavy (non-hydrogen) atoms. The lowest BCUT2D eigenvalue weighted by atomic mass is 10.2. The molecule has 0 aliphatic rings. The number of ether oxygens (including phenoxy) is 1. The Kier molecular flexibility index (Phi) is 6.29. The van der Waals surface area contributed by atoms with Crippen molar-refractivity contribution in [1.29, 1.82) is 0 Å². The fourth-order valence-corrected chi connectivity index (χ4v) is 1.07. The first-order chi connectivity index (χ1) is 6.99. The normalized spacial score (nSPS) is 10.4. The van der Waals surface area contributed by atoms with Crippen LogP contribution in [0.1, 0.15) is 10.4 Å². The number of likely N-dealkylation sites (N-methyl/N-ethyl adjacent to an activating group) is 1. The van der Waals surface area contributed by atoms with Crippen molar-refractivity contribution in [3.63, 3.8) is 0 Å². The van der Waals surface area contributed by atoms with Gasteiger partial charge in [0.25, 0.3) is 0 Å². The maximum atomic E-state index is 11.5. The first-order valence-electron chi connectivity index (χ1n) is 5.02. The molecule has 0 radical (unpaired) electrons. The van der Waals surface area contributed by atoms with Gasteiger partial charge in [0.2, 0.25) is 0 Å². The molecule has 0 atom stereocenters. The fourth-order valence-electron chi connectivity index (χ4n) is 1.07. The van der Waals surface area contributed by atoms with E-state index >= 15 is 0 Å². The highest BCUT2D eigenvalue weighted by molar-refractivity contribution is 5.89. The molecule has 3 nitrogen and oxygen atoms in total. The Morgan fingerprint density at radius 2 is 1.75 bits per heavy atom. The van der Waals surface area contributed by atoms with Crippen LogP contribution in [0.3, 0.4) is 0 Å². The van der Waals surface area contributed by atoms with Gasteiger partial charge in [0.15, 0.2) is 0 Å². The lowest BCUT2D eigenvalue weighted by molar-refractivity contribution is -0.870. The van der Waals surface area contributed by atoms with Gasteiger partial charge in [0.1, 0.15) is 13.2 Å². The van der Waals surface area contributed by atoms with Crippen molar-refractivity contribution in [2.45, 2.75) is 0 Å². The molecule has 0 fully saturated rings. The lowest BCUT2D eigenvalue weighted by Crippen LogP contribution is -3.00. The average Bonchev–Trinajstić information content (AvgIpc) is 2.17. The highest BCUT2D eigenvalue weighted by Gasteiger charge is 2.10. The first-order valence-corrected chi connectivity index (χ1v) is 5.02. The molecule has 0 aliphatic heterocycles. The number of rotatable bonds is 4. The van der Waals surface area contributed by atoms with Gasteiger partial charge >= 0.3 is 5.97 Å². The molecule has 90 valence electrons. The molecule has 1 aromatic rings. The van der Waals surface area contributed by atoms with Gasteiger partial charge in [-0.15, -0.1) is 0 Å². The molecule has 0 spiro atoms. The van der Waals surface area contributed by atoms with E-state index in [1.54, 1.807) is 12.1 Å². The Morgan fingerprint density at radius 1 is 1.19 bits per heavy atom. The molecule has 0 saturated heterocycles. The minimum absolute atomic E-state index is 0. The van der Waals surface area contributed by atoms with Crippen molar-refractivity contribution < 1.29 is 31.0 Å². The van der Waals surface area contributed by atoms with Gasteiger partial charge in [0, 0.05) is 0 Å². The molecule has 0 unspecified atom stereocenters. The van der Waals surface area contributed by atoms with Gasteiger partial charge < -0.3 is 26.2 Å². The van der Waals surface area contributed by atoms with E-state index in [1.807, 2.05) is 18.2 Å². The third kappa shape index (κ3) is 5.88. The second kappa shape index (κ2) is 6.66. The van der Waals surface area contributed by atoms with Crippen LogP contribution >= 0.6 is 0 Å². The molecule has 1 rings (SSSR count). The fraction of sp³-hybridized carbons (Fsp3) is 0.417. The topological polar surface area (TPSA) is 26.3 Å². The van der Waals surface area contributed by atoms with Crippen molar-refractivity contribution in [3.05, 3.63) is 35.9 Å². The summed E-state index contributed by atoms with van der Waals surface area (Å²) >= 11 is 0. The monoisotopic (exact) mass is 287 g/mol. The summed E-state index contributed by atoms with van der Waals surface area (Å²) < 4.78 is 5.94. The van der Waals surface area contributed by atoms with Crippen LogP contribution in [0.2, 0.25) is 0 Å². The Morgan fingerprint density at radius 3 is 2.25 bits per heavy atom. The molecule has 4 heteroatoms. The molecule has 0 bridgehead atoms. The number of esters is 1. The zero-order valence-electron chi connectivity index (χ0n) is 9.94. The third-order valence-corrected chi connectivity index (χ3v) is 2.00. The van der Waals surface area contributed by atoms with Crippen LogP contribution in [0.5, 0.6) is 0 Å². The van der Waals surface area contributed by atoms with E-state index < -0.39 is 0 Å². The standard InChI is InChI=1S/C12H18NO2.BrH/c1-13(2,3)9-10-15-12(14)11-7-5-4-6-8-11;/h4-8H,9-10H2,1-3H3;1H/q+1;/p-1. The Hall–Kier alpha value is -0.870. The van der Waals surface area contributed by atoms with E-state index in [9.17, 15) is 4.79 Å². The van der Waals surface area contributed by atoms with Gasteiger partial charge in [-0.05, 0) is 12.1 Å². The second-order valence-electron chi connectivity index (χ2n) is 4.52. The molecule has 0 amide bonds. The summed E-state index contributed by atoms with van der Waals surface area (Å²) in [4.78, 5) is 11.5. The lowest BCUT2D eigenvalue weighted by Gasteiger charge is -2.23. The Labute approximate surface area is 107 Å². The highest BCUT2D eigenvalue weighted by atomic mass is 79.9. The predicted octanol–water partition coefficient (Wildman–Crippen LogP) is -1.45. The number of hydrogen-bond acceptors (Lipinski definition) is 2. The van der Waals surface area contributed by atoms with Crippen LogP contribution in [-0.4, -0.2) is 44.7 Å². The maximum absolute atomic E-state index is 11.5. The summed E-state index contributed by atoms with van der Waals surface area (Å²) in [7, 11) is 6.20. The summed E-state index contributed by atoms with van der Waals surface area (Å²) in [6, 6.07) is 9.05. The Bertz CT molecular complexity index is 320. The Balaban J connectivity index is 0.00000225. The van der Waals surface area contributed by atoms with Gasteiger partial charge in [-0.1, -0.05) is 18.2 Å². The van der Waals surface area contributed by atoms with Crippen molar-refractivity contribution >= 4 is 5.97 Å². The number of carbonyl (C=O) groups is 1. The van der Waals surface area contributed by atoms with Crippen LogP contribution < -0.4 is 17.0 Å². The van der Waals surface area contributed by atoms with E-state index in [2.05, 4.69) is 21.1 Å². The van der Waals surface area contributed by atoms with E-state index in [0.717, 1.165) is 11.0 Å². The maximum Gasteiger partial charge on any atom is 0.338 e. The van der Waals surface area contributed by atoms with Crippen LogP contribution in [0, 0.1) is 0 Å². The number of hydrogen-bond donors (Lipinski definition) is 0. The van der Waals surface area contributed by atoms with E-state index in [4.69, 9.17) is 4.74 Å². The molecule has 1 aromatic carbocycles. The zero-order valence-corrected chi connectivity index (χ0v) is 11.5. The van der Waals surface area contributed by atoms with Crippen molar-refractivity contribution in [1.82, 2.24) is 0 Å². The molecular formula is C12H18BrNO2. The molecule has 0 N–H and O–H groups in total. The smallest absolute Gasteiger partial charge is 0.338 e. The largest absolute Gasteiger partial charge is 1.00 e. The first kappa shape index (κ1) is 15.1. The van der Waals surface area contributed by atoms with E-state index in [1.165, 1.54) is 0 Å². The number of halogens is 1. The second-order valence-corrected chi connectivity index (χ2v) is 4.52. The summed E-state index contributed by atoms with van der Waals surface area (Å²) in [5.41, 5.74) is 0.610. The van der Waals surface area contributed by atoms with Crippen molar-refractivity contribution in [2.75, 3.05) is 34.3 Å². The van der Waals surface area contributed by atoms with Crippen molar-refractivity contribution in [2.24, 2.45) is 0 Å². The number of carbonyl (C=O) groups excluding carboxylic acids is 1. The molecular weight excluding hydrogens is 270 g/mol. The van der Waals surface area contributed by atoms with Crippen LogP contribution in [0.25, 0.3) is 0 Å². The molecule has 0 aliphatic carbocycles. The average molecular weight is 288 g/mol. The molecule has 0 aromatic heterocycles. The molecule has 0 heterocycles. The van der Waals surface area contributed by atoms with Gasteiger partial charge in [-0.25, -0.2) is 4.79 Å². The van der Waals surface area contributed by atoms with Gasteiger partial charge in [-0.3, -0.25) is 0 Å². The highest BCUT2D eigenvalue weighted by Crippen LogP contribution is 2.01. The minimum Gasteiger partial charge on any atom is -1.00 e. The van der Waals surface area contributed by atoms with Gasteiger partial charge in [0.05, 0.1) is 26.7 Å². The summed E-state index contributed by atoms with van der Waals surface area (Å²) in [5.74, 6) is -0.246.